The van der Waals surface area contributed by atoms with E-state index >= 15 is 0 Å². The van der Waals surface area contributed by atoms with Crippen LogP contribution in [-0.2, 0) is 21.3 Å². The number of hydrogen-bond donors (Lipinski definition) is 0. The smallest absolute Gasteiger partial charge is 0.310 e. The Morgan fingerprint density at radius 1 is 1.44 bits per heavy atom. The fraction of sp³-hybridized carbons (Fsp3) is 0.417. The number of rotatable bonds is 5. The van der Waals surface area contributed by atoms with Gasteiger partial charge < -0.3 is 4.74 Å². The molecular weight excluding hydrogens is 302 g/mol. The zero-order valence-corrected chi connectivity index (χ0v) is 11.8. The lowest BCUT2D eigenvalue weighted by Gasteiger charge is -2.09. The van der Waals surface area contributed by atoms with Crippen molar-refractivity contribution in [2.24, 2.45) is 0 Å². The van der Waals surface area contributed by atoms with E-state index < -0.39 is 4.92 Å². The lowest BCUT2D eigenvalue weighted by molar-refractivity contribution is -0.385. The number of alkyl halides is 1. The predicted octanol–water partition coefficient (Wildman–Crippen LogP) is 2.90. The molecule has 0 radical (unpaired) electrons. The zero-order valence-electron chi connectivity index (χ0n) is 10.2. The fourth-order valence-corrected chi connectivity index (χ4v) is 2.20. The summed E-state index contributed by atoms with van der Waals surface area (Å²) in [5.41, 5.74) is 2.32. The molecule has 0 unspecified atom stereocenters. The van der Waals surface area contributed by atoms with Crippen LogP contribution in [-0.4, -0.2) is 17.5 Å². The standard InChI is InChI=1S/C12H14BrNO4/c1-3-18-12(15)6-9-4-11(14(16)17)5-10(7-13)8(9)2/h4-5H,3,6-7H2,1-2H3. The number of carbonyl (C=O) groups is 1. The first-order valence-corrected chi connectivity index (χ1v) is 6.60. The molecule has 0 aliphatic heterocycles. The number of ether oxygens (including phenoxy) is 1. The molecule has 5 nitrogen and oxygen atoms in total. The van der Waals surface area contributed by atoms with E-state index in [4.69, 9.17) is 4.74 Å². The molecule has 0 aromatic heterocycles. The highest BCUT2D eigenvalue weighted by Gasteiger charge is 2.16. The molecule has 1 aromatic carbocycles. The summed E-state index contributed by atoms with van der Waals surface area (Å²) >= 11 is 3.28. The molecule has 0 amide bonds. The lowest BCUT2D eigenvalue weighted by Crippen LogP contribution is -2.09. The number of benzene rings is 1. The van der Waals surface area contributed by atoms with Gasteiger partial charge in [-0.25, -0.2) is 0 Å². The second-order valence-electron chi connectivity index (χ2n) is 3.76. The maximum atomic E-state index is 11.4. The van der Waals surface area contributed by atoms with Crippen molar-refractivity contribution in [3.8, 4) is 0 Å². The Kier molecular flexibility index (Phi) is 5.27. The number of nitro benzene ring substituents is 1. The van der Waals surface area contributed by atoms with Crippen LogP contribution >= 0.6 is 15.9 Å². The minimum absolute atomic E-state index is 0.00523. The number of halogens is 1. The Labute approximate surface area is 113 Å². The Balaban J connectivity index is 3.12. The normalized spacial score (nSPS) is 10.2. The first kappa shape index (κ1) is 14.6. The van der Waals surface area contributed by atoms with Crippen LogP contribution in [0.15, 0.2) is 12.1 Å². The Bertz CT molecular complexity index is 473. The van der Waals surface area contributed by atoms with Crippen LogP contribution in [0.25, 0.3) is 0 Å². The van der Waals surface area contributed by atoms with Gasteiger partial charge in [0.2, 0.25) is 0 Å². The monoisotopic (exact) mass is 315 g/mol. The molecule has 0 N–H and O–H groups in total. The lowest BCUT2D eigenvalue weighted by atomic mass is 10.00. The fourth-order valence-electron chi connectivity index (χ4n) is 1.62. The summed E-state index contributed by atoms with van der Waals surface area (Å²) in [6.45, 7) is 3.87. The van der Waals surface area contributed by atoms with Crippen LogP contribution in [0.3, 0.4) is 0 Å². The molecule has 0 saturated carbocycles. The van der Waals surface area contributed by atoms with E-state index in [2.05, 4.69) is 15.9 Å². The number of non-ortho nitro benzene ring substituents is 1. The molecule has 0 aliphatic rings. The summed E-state index contributed by atoms with van der Waals surface area (Å²) in [5.74, 6) is -0.373. The van der Waals surface area contributed by atoms with E-state index in [0.717, 1.165) is 11.1 Å². The SMILES string of the molecule is CCOC(=O)Cc1cc([N+](=O)[O-])cc(CBr)c1C. The molecule has 0 aliphatic carbocycles. The summed E-state index contributed by atoms with van der Waals surface area (Å²) in [4.78, 5) is 21.8. The van der Waals surface area contributed by atoms with Gasteiger partial charge in [0.25, 0.3) is 5.69 Å². The van der Waals surface area contributed by atoms with Crippen molar-refractivity contribution in [2.75, 3.05) is 6.61 Å². The van der Waals surface area contributed by atoms with Crippen molar-refractivity contribution in [1.82, 2.24) is 0 Å². The molecule has 6 heteroatoms. The van der Waals surface area contributed by atoms with Gasteiger partial charge in [0.05, 0.1) is 18.0 Å². The van der Waals surface area contributed by atoms with Crippen LogP contribution in [0, 0.1) is 17.0 Å². The summed E-state index contributed by atoms with van der Waals surface area (Å²) in [7, 11) is 0. The zero-order chi connectivity index (χ0) is 13.7. The van der Waals surface area contributed by atoms with E-state index in [1.54, 1.807) is 6.92 Å². The van der Waals surface area contributed by atoms with E-state index in [1.807, 2.05) is 6.92 Å². The second kappa shape index (κ2) is 6.49. The quantitative estimate of drug-likeness (QED) is 0.362. The topological polar surface area (TPSA) is 69.4 Å². The van der Waals surface area contributed by atoms with Gasteiger partial charge >= 0.3 is 5.97 Å². The average Bonchev–Trinajstić information content (AvgIpc) is 2.31. The summed E-state index contributed by atoms with van der Waals surface area (Å²) < 4.78 is 4.85. The molecule has 0 saturated heterocycles. The highest BCUT2D eigenvalue weighted by Crippen LogP contribution is 2.24. The average molecular weight is 316 g/mol. The summed E-state index contributed by atoms with van der Waals surface area (Å²) in [6.07, 6.45) is 0.0569. The van der Waals surface area contributed by atoms with Gasteiger partial charge in [-0.2, -0.15) is 0 Å². The summed E-state index contributed by atoms with van der Waals surface area (Å²) in [6, 6.07) is 2.94. The van der Waals surface area contributed by atoms with E-state index in [0.29, 0.717) is 17.5 Å². The maximum Gasteiger partial charge on any atom is 0.310 e. The molecule has 0 atom stereocenters. The van der Waals surface area contributed by atoms with Crippen molar-refractivity contribution < 1.29 is 14.5 Å². The van der Waals surface area contributed by atoms with Crippen LogP contribution in [0.1, 0.15) is 23.6 Å². The van der Waals surface area contributed by atoms with Gasteiger partial charge in [-0.15, -0.1) is 0 Å². The van der Waals surface area contributed by atoms with Crippen molar-refractivity contribution in [3.63, 3.8) is 0 Å². The third-order valence-electron chi connectivity index (χ3n) is 2.60. The third kappa shape index (κ3) is 3.53. The van der Waals surface area contributed by atoms with Crippen LogP contribution in [0.5, 0.6) is 0 Å². The predicted molar refractivity (Wildman–Crippen MR) is 70.8 cm³/mol. The first-order chi connectivity index (χ1) is 8.49. The Morgan fingerprint density at radius 2 is 2.06 bits per heavy atom. The molecule has 0 fully saturated rings. The molecule has 98 valence electrons. The molecule has 0 spiro atoms. The van der Waals surface area contributed by atoms with Gasteiger partial charge in [0, 0.05) is 17.5 Å². The minimum Gasteiger partial charge on any atom is -0.466 e. The Morgan fingerprint density at radius 3 is 2.56 bits per heavy atom. The third-order valence-corrected chi connectivity index (χ3v) is 3.21. The van der Waals surface area contributed by atoms with E-state index in [9.17, 15) is 14.9 Å². The molecule has 18 heavy (non-hydrogen) atoms. The van der Waals surface area contributed by atoms with Gasteiger partial charge in [-0.3, -0.25) is 14.9 Å². The van der Waals surface area contributed by atoms with Crippen LogP contribution in [0.4, 0.5) is 5.69 Å². The van der Waals surface area contributed by atoms with Gasteiger partial charge in [-0.1, -0.05) is 15.9 Å². The van der Waals surface area contributed by atoms with Gasteiger partial charge in [0.15, 0.2) is 0 Å². The first-order valence-electron chi connectivity index (χ1n) is 5.48. The number of esters is 1. The highest BCUT2D eigenvalue weighted by atomic mass is 79.9. The van der Waals surface area contributed by atoms with Crippen LogP contribution < -0.4 is 0 Å². The largest absolute Gasteiger partial charge is 0.466 e. The molecule has 0 bridgehead atoms. The number of nitrogens with zero attached hydrogens (tertiary/aromatic N) is 1. The number of nitro groups is 1. The number of hydrogen-bond acceptors (Lipinski definition) is 4. The molecule has 0 heterocycles. The van der Waals surface area contributed by atoms with Crippen molar-refractivity contribution in [3.05, 3.63) is 38.9 Å². The summed E-state index contributed by atoms with van der Waals surface area (Å²) in [5, 5.41) is 11.3. The molecule has 1 rings (SSSR count). The van der Waals surface area contributed by atoms with E-state index in [1.165, 1.54) is 12.1 Å². The van der Waals surface area contributed by atoms with E-state index in [-0.39, 0.29) is 18.1 Å². The molecular formula is C12H14BrNO4. The molecule has 1 aromatic rings. The van der Waals surface area contributed by atoms with Crippen LogP contribution in [0.2, 0.25) is 0 Å². The van der Waals surface area contributed by atoms with Crippen molar-refractivity contribution in [1.29, 1.82) is 0 Å². The minimum atomic E-state index is -0.458. The number of carbonyl (C=O) groups excluding carboxylic acids is 1. The van der Waals surface area contributed by atoms with Gasteiger partial charge in [-0.05, 0) is 30.5 Å². The second-order valence-corrected chi connectivity index (χ2v) is 4.32. The van der Waals surface area contributed by atoms with Crippen molar-refractivity contribution >= 4 is 27.6 Å². The Hall–Kier alpha value is -1.43. The van der Waals surface area contributed by atoms with Gasteiger partial charge in [0.1, 0.15) is 0 Å². The highest BCUT2D eigenvalue weighted by molar-refractivity contribution is 9.08. The van der Waals surface area contributed by atoms with Crippen molar-refractivity contribution in [2.45, 2.75) is 25.6 Å². The maximum absolute atomic E-state index is 11.4.